The molecule has 0 aliphatic rings. The first-order valence-electron chi connectivity index (χ1n) is 11.4. The number of rotatable bonds is 8. The standard InChI is InChI=1S/C28H27N3O5/c1-5-36-28(33)22-17-24(31(30-22)23-12-7-6-9-18(23)2)19-10-8-11-21(15-19)29-27(32)20-13-14-25(34-3)26(16-20)35-4/h6-17H,5H2,1-4H3,(H,29,32). The van der Waals surface area contributed by atoms with Gasteiger partial charge in [-0.3, -0.25) is 4.79 Å². The lowest BCUT2D eigenvalue weighted by Crippen LogP contribution is -2.12. The summed E-state index contributed by atoms with van der Waals surface area (Å²) in [4.78, 5) is 25.4. The van der Waals surface area contributed by atoms with E-state index >= 15 is 0 Å². The molecule has 0 bridgehead atoms. The van der Waals surface area contributed by atoms with Gasteiger partial charge in [-0.2, -0.15) is 5.10 Å². The molecule has 3 aromatic carbocycles. The molecule has 0 unspecified atom stereocenters. The predicted molar refractivity (Wildman–Crippen MR) is 137 cm³/mol. The molecule has 1 amide bonds. The SMILES string of the molecule is CCOC(=O)c1cc(-c2cccc(NC(=O)c3ccc(OC)c(OC)c3)c2)n(-c2ccccc2C)n1. The zero-order chi connectivity index (χ0) is 25.7. The number of aromatic nitrogens is 2. The fourth-order valence-electron chi connectivity index (χ4n) is 3.81. The molecule has 184 valence electrons. The monoisotopic (exact) mass is 485 g/mol. The van der Waals surface area contributed by atoms with Crippen molar-refractivity contribution in [2.75, 3.05) is 26.1 Å². The topological polar surface area (TPSA) is 91.7 Å². The van der Waals surface area contributed by atoms with Crippen LogP contribution in [0.15, 0.2) is 72.8 Å². The van der Waals surface area contributed by atoms with E-state index in [1.54, 1.807) is 41.9 Å². The van der Waals surface area contributed by atoms with Crippen LogP contribution in [0.3, 0.4) is 0 Å². The zero-order valence-electron chi connectivity index (χ0n) is 20.6. The first-order valence-corrected chi connectivity index (χ1v) is 11.4. The summed E-state index contributed by atoms with van der Waals surface area (Å²) in [6.07, 6.45) is 0. The number of nitrogens with one attached hydrogen (secondary N) is 1. The van der Waals surface area contributed by atoms with Crippen LogP contribution in [0.1, 0.15) is 33.3 Å². The van der Waals surface area contributed by atoms with Gasteiger partial charge in [0.2, 0.25) is 0 Å². The number of amides is 1. The number of ether oxygens (including phenoxy) is 3. The molecule has 0 saturated heterocycles. The van der Waals surface area contributed by atoms with Crippen LogP contribution in [-0.2, 0) is 4.74 Å². The Morgan fingerprint density at radius 3 is 2.42 bits per heavy atom. The van der Waals surface area contributed by atoms with E-state index in [1.165, 1.54) is 14.2 Å². The number of esters is 1. The number of carbonyl (C=O) groups excluding carboxylic acids is 2. The molecule has 0 saturated carbocycles. The van der Waals surface area contributed by atoms with Gasteiger partial charge in [0.25, 0.3) is 5.91 Å². The van der Waals surface area contributed by atoms with Gasteiger partial charge >= 0.3 is 5.97 Å². The minimum atomic E-state index is -0.496. The van der Waals surface area contributed by atoms with Crippen LogP contribution in [0.5, 0.6) is 11.5 Å². The number of hydrogen-bond acceptors (Lipinski definition) is 6. The molecule has 4 aromatic rings. The van der Waals surface area contributed by atoms with Crippen LogP contribution in [-0.4, -0.2) is 42.5 Å². The number of carbonyl (C=O) groups is 2. The quantitative estimate of drug-likeness (QED) is 0.341. The highest BCUT2D eigenvalue weighted by Gasteiger charge is 2.19. The second-order valence-electron chi connectivity index (χ2n) is 7.94. The normalized spacial score (nSPS) is 10.6. The van der Waals surface area contributed by atoms with Gasteiger partial charge in [0, 0.05) is 16.8 Å². The molecule has 1 N–H and O–H groups in total. The van der Waals surface area contributed by atoms with Crippen molar-refractivity contribution in [3.8, 4) is 28.4 Å². The minimum Gasteiger partial charge on any atom is -0.493 e. The molecule has 1 aromatic heterocycles. The first-order chi connectivity index (χ1) is 17.4. The number of methoxy groups -OCH3 is 2. The van der Waals surface area contributed by atoms with E-state index in [1.807, 2.05) is 49.4 Å². The summed E-state index contributed by atoms with van der Waals surface area (Å²) in [6.45, 7) is 3.98. The molecule has 8 heteroatoms. The third-order valence-electron chi connectivity index (χ3n) is 5.60. The fraction of sp³-hybridized carbons (Fsp3) is 0.179. The third kappa shape index (κ3) is 5.07. The van der Waals surface area contributed by atoms with Crippen LogP contribution in [0, 0.1) is 6.92 Å². The number of nitrogens with zero attached hydrogens (tertiary/aromatic N) is 2. The van der Waals surface area contributed by atoms with Gasteiger partial charge in [-0.05, 0) is 61.9 Å². The molecular formula is C28H27N3O5. The van der Waals surface area contributed by atoms with E-state index in [-0.39, 0.29) is 18.2 Å². The number of benzene rings is 3. The fourth-order valence-corrected chi connectivity index (χ4v) is 3.81. The van der Waals surface area contributed by atoms with E-state index in [2.05, 4.69) is 10.4 Å². The maximum atomic E-state index is 12.9. The molecule has 0 aliphatic carbocycles. The van der Waals surface area contributed by atoms with Crippen LogP contribution >= 0.6 is 0 Å². The summed E-state index contributed by atoms with van der Waals surface area (Å²) >= 11 is 0. The Balaban J connectivity index is 1.70. The zero-order valence-corrected chi connectivity index (χ0v) is 20.6. The van der Waals surface area contributed by atoms with E-state index < -0.39 is 5.97 Å². The highest BCUT2D eigenvalue weighted by atomic mass is 16.5. The molecule has 0 atom stereocenters. The second-order valence-corrected chi connectivity index (χ2v) is 7.94. The second kappa shape index (κ2) is 10.8. The number of anilines is 1. The maximum absolute atomic E-state index is 12.9. The number of para-hydroxylation sites is 1. The van der Waals surface area contributed by atoms with Gasteiger partial charge < -0.3 is 19.5 Å². The summed E-state index contributed by atoms with van der Waals surface area (Å²) < 4.78 is 17.4. The molecule has 8 nitrogen and oxygen atoms in total. The largest absolute Gasteiger partial charge is 0.493 e. The predicted octanol–water partition coefficient (Wildman–Crippen LogP) is 5.29. The lowest BCUT2D eigenvalue weighted by molar-refractivity contribution is 0.0518. The molecule has 0 aliphatic heterocycles. The van der Waals surface area contributed by atoms with Gasteiger partial charge in [-0.15, -0.1) is 0 Å². The molecule has 0 radical (unpaired) electrons. The van der Waals surface area contributed by atoms with Gasteiger partial charge in [0.05, 0.1) is 32.2 Å². The highest BCUT2D eigenvalue weighted by molar-refractivity contribution is 6.05. The smallest absolute Gasteiger partial charge is 0.358 e. The van der Waals surface area contributed by atoms with Crippen molar-refractivity contribution in [1.82, 2.24) is 9.78 Å². The van der Waals surface area contributed by atoms with E-state index in [9.17, 15) is 9.59 Å². The maximum Gasteiger partial charge on any atom is 0.358 e. The first kappa shape index (κ1) is 24.5. The number of aryl methyl sites for hydroxylation is 1. The van der Waals surface area contributed by atoms with Crippen LogP contribution in [0.25, 0.3) is 16.9 Å². The highest BCUT2D eigenvalue weighted by Crippen LogP contribution is 2.30. The summed E-state index contributed by atoms with van der Waals surface area (Å²) in [5.41, 5.74) is 4.50. The van der Waals surface area contributed by atoms with Crippen molar-refractivity contribution in [3.63, 3.8) is 0 Å². The Morgan fingerprint density at radius 1 is 0.917 bits per heavy atom. The van der Waals surface area contributed by atoms with Crippen molar-refractivity contribution >= 4 is 17.6 Å². The van der Waals surface area contributed by atoms with Gasteiger partial charge in [0.1, 0.15) is 0 Å². The molecule has 0 fully saturated rings. The average Bonchev–Trinajstić information content (AvgIpc) is 3.34. The minimum absolute atomic E-state index is 0.204. The van der Waals surface area contributed by atoms with E-state index in [0.29, 0.717) is 28.4 Å². The van der Waals surface area contributed by atoms with E-state index in [4.69, 9.17) is 14.2 Å². The van der Waals surface area contributed by atoms with Crippen molar-refractivity contribution in [2.45, 2.75) is 13.8 Å². The molecule has 36 heavy (non-hydrogen) atoms. The Labute approximate surface area is 209 Å². The molecule has 0 spiro atoms. The Morgan fingerprint density at radius 2 is 1.69 bits per heavy atom. The van der Waals surface area contributed by atoms with Crippen LogP contribution in [0.4, 0.5) is 5.69 Å². The van der Waals surface area contributed by atoms with E-state index in [0.717, 1.165) is 16.8 Å². The lowest BCUT2D eigenvalue weighted by atomic mass is 10.1. The lowest BCUT2D eigenvalue weighted by Gasteiger charge is -2.12. The number of hydrogen-bond donors (Lipinski definition) is 1. The van der Waals surface area contributed by atoms with Crippen molar-refractivity contribution in [2.24, 2.45) is 0 Å². The molecule has 4 rings (SSSR count). The van der Waals surface area contributed by atoms with Crippen molar-refractivity contribution in [3.05, 3.63) is 89.6 Å². The Bertz CT molecular complexity index is 1410. The van der Waals surface area contributed by atoms with Gasteiger partial charge in [0.15, 0.2) is 17.2 Å². The molecular weight excluding hydrogens is 458 g/mol. The Hall–Kier alpha value is -4.59. The molecule has 1 heterocycles. The average molecular weight is 486 g/mol. The van der Waals surface area contributed by atoms with Gasteiger partial charge in [-0.25, -0.2) is 9.48 Å². The van der Waals surface area contributed by atoms with Crippen LogP contribution in [0.2, 0.25) is 0 Å². The summed E-state index contributed by atoms with van der Waals surface area (Å²) in [5.74, 6) is 0.210. The van der Waals surface area contributed by atoms with Crippen molar-refractivity contribution < 1.29 is 23.8 Å². The van der Waals surface area contributed by atoms with Gasteiger partial charge in [-0.1, -0.05) is 30.3 Å². The third-order valence-corrected chi connectivity index (χ3v) is 5.60. The summed E-state index contributed by atoms with van der Waals surface area (Å²) in [7, 11) is 3.06. The summed E-state index contributed by atoms with van der Waals surface area (Å²) in [5, 5.41) is 7.46. The van der Waals surface area contributed by atoms with Crippen molar-refractivity contribution in [1.29, 1.82) is 0 Å². The van der Waals surface area contributed by atoms with Crippen LogP contribution < -0.4 is 14.8 Å². The summed E-state index contributed by atoms with van der Waals surface area (Å²) in [6, 6.07) is 21.8. The Kier molecular flexibility index (Phi) is 7.34.